The van der Waals surface area contributed by atoms with Crippen molar-refractivity contribution in [2.75, 3.05) is 26.7 Å². The molecule has 0 aliphatic heterocycles. The molecule has 0 amide bonds. The molecule has 1 saturated carbocycles. The molecule has 0 saturated heterocycles. The second-order valence-electron chi connectivity index (χ2n) is 4.95. The fraction of sp³-hybridized carbons (Fsp3) is 0.846. The molecule has 1 fully saturated rings. The van der Waals surface area contributed by atoms with Crippen LogP contribution in [-0.2, 0) is 0 Å². The second kappa shape index (κ2) is 6.15. The number of rotatable bonds is 7. The molecule has 86 valence electrons. The summed E-state index contributed by atoms with van der Waals surface area (Å²) in [5.74, 6) is 4.36. The Balaban J connectivity index is 2.51. The lowest BCUT2D eigenvalue weighted by Gasteiger charge is -2.33. The minimum atomic E-state index is 0.576. The molecule has 1 atom stereocenters. The monoisotopic (exact) mass is 208 g/mol. The first-order chi connectivity index (χ1) is 7.19. The molecule has 0 heterocycles. The summed E-state index contributed by atoms with van der Waals surface area (Å²) in [6.07, 6.45) is 8.24. The average molecular weight is 208 g/mol. The largest absolute Gasteiger partial charge is 0.318 e. The molecular weight excluding hydrogens is 184 g/mol. The highest BCUT2D eigenvalue weighted by molar-refractivity contribution is 4.93. The molecule has 0 aromatic heterocycles. The minimum Gasteiger partial charge on any atom is -0.318 e. The number of nitrogens with one attached hydrogen (secondary N) is 1. The van der Waals surface area contributed by atoms with E-state index in [1.165, 1.54) is 19.4 Å². The van der Waals surface area contributed by atoms with Crippen LogP contribution in [0.5, 0.6) is 0 Å². The maximum absolute atomic E-state index is 5.45. The molecule has 0 aromatic rings. The highest BCUT2D eigenvalue weighted by atomic mass is 15.2. The van der Waals surface area contributed by atoms with Gasteiger partial charge < -0.3 is 5.32 Å². The van der Waals surface area contributed by atoms with E-state index in [2.05, 4.69) is 30.0 Å². The van der Waals surface area contributed by atoms with Crippen molar-refractivity contribution in [3.63, 3.8) is 0 Å². The van der Waals surface area contributed by atoms with E-state index in [0.29, 0.717) is 12.0 Å². The topological polar surface area (TPSA) is 15.3 Å². The van der Waals surface area contributed by atoms with Crippen LogP contribution in [0.1, 0.15) is 26.7 Å². The van der Waals surface area contributed by atoms with E-state index in [9.17, 15) is 0 Å². The van der Waals surface area contributed by atoms with Gasteiger partial charge in [-0.3, -0.25) is 4.90 Å². The molecule has 1 rings (SSSR count). The SMILES string of the molecule is C#CCN(CC1CC1)C(CNC)C(C)C. The Morgan fingerprint density at radius 1 is 1.47 bits per heavy atom. The van der Waals surface area contributed by atoms with Crippen LogP contribution in [0, 0.1) is 24.2 Å². The van der Waals surface area contributed by atoms with Gasteiger partial charge in [0.2, 0.25) is 0 Å². The predicted molar refractivity (Wildman–Crippen MR) is 65.7 cm³/mol. The van der Waals surface area contributed by atoms with Crippen molar-refractivity contribution in [3.8, 4) is 12.3 Å². The molecule has 0 bridgehead atoms. The molecule has 1 aliphatic carbocycles. The third-order valence-electron chi connectivity index (χ3n) is 3.14. The number of nitrogens with zero attached hydrogens (tertiary/aromatic N) is 1. The fourth-order valence-corrected chi connectivity index (χ4v) is 2.06. The Morgan fingerprint density at radius 3 is 2.53 bits per heavy atom. The fourth-order valence-electron chi connectivity index (χ4n) is 2.06. The van der Waals surface area contributed by atoms with Gasteiger partial charge in [-0.1, -0.05) is 19.8 Å². The Kier molecular flexibility index (Phi) is 5.14. The molecule has 15 heavy (non-hydrogen) atoms. The van der Waals surface area contributed by atoms with Crippen LogP contribution in [0.3, 0.4) is 0 Å². The predicted octanol–water partition coefficient (Wildman–Crippen LogP) is 1.58. The third-order valence-corrected chi connectivity index (χ3v) is 3.14. The zero-order valence-electron chi connectivity index (χ0n) is 10.3. The summed E-state index contributed by atoms with van der Waals surface area (Å²) in [5.41, 5.74) is 0. The summed E-state index contributed by atoms with van der Waals surface area (Å²) >= 11 is 0. The van der Waals surface area contributed by atoms with Crippen molar-refractivity contribution < 1.29 is 0 Å². The quantitative estimate of drug-likeness (QED) is 0.639. The van der Waals surface area contributed by atoms with Gasteiger partial charge in [-0.2, -0.15) is 0 Å². The molecule has 1 aliphatic rings. The van der Waals surface area contributed by atoms with Gasteiger partial charge >= 0.3 is 0 Å². The zero-order valence-corrected chi connectivity index (χ0v) is 10.3. The van der Waals surface area contributed by atoms with Crippen LogP contribution < -0.4 is 5.32 Å². The average Bonchev–Trinajstić information content (AvgIpc) is 2.97. The van der Waals surface area contributed by atoms with Gasteiger partial charge in [-0.15, -0.1) is 6.42 Å². The van der Waals surface area contributed by atoms with Crippen molar-refractivity contribution in [2.24, 2.45) is 11.8 Å². The van der Waals surface area contributed by atoms with E-state index in [0.717, 1.165) is 19.0 Å². The third kappa shape index (κ3) is 4.24. The van der Waals surface area contributed by atoms with E-state index in [1.807, 2.05) is 7.05 Å². The minimum absolute atomic E-state index is 0.576. The maximum Gasteiger partial charge on any atom is 0.0601 e. The Hall–Kier alpha value is -0.520. The van der Waals surface area contributed by atoms with Crippen LogP contribution in [-0.4, -0.2) is 37.6 Å². The van der Waals surface area contributed by atoms with E-state index >= 15 is 0 Å². The first-order valence-corrected chi connectivity index (χ1v) is 6.01. The molecule has 0 spiro atoms. The molecule has 0 radical (unpaired) electrons. The number of hydrogen-bond donors (Lipinski definition) is 1. The first-order valence-electron chi connectivity index (χ1n) is 6.01. The zero-order chi connectivity index (χ0) is 11.3. The standard InChI is InChI=1S/C13H24N2/c1-5-8-15(10-12-6-7-12)13(9-14-4)11(2)3/h1,11-14H,6-10H2,2-4H3. The summed E-state index contributed by atoms with van der Waals surface area (Å²) < 4.78 is 0. The highest BCUT2D eigenvalue weighted by Crippen LogP contribution is 2.30. The van der Waals surface area contributed by atoms with E-state index in [-0.39, 0.29) is 0 Å². The van der Waals surface area contributed by atoms with Crippen molar-refractivity contribution in [1.29, 1.82) is 0 Å². The van der Waals surface area contributed by atoms with Gasteiger partial charge in [0, 0.05) is 19.1 Å². The van der Waals surface area contributed by atoms with Gasteiger partial charge in [-0.05, 0) is 31.7 Å². The number of terminal acetylenes is 1. The summed E-state index contributed by atoms with van der Waals surface area (Å²) in [7, 11) is 2.01. The summed E-state index contributed by atoms with van der Waals surface area (Å²) in [4.78, 5) is 2.47. The normalized spacial score (nSPS) is 18.1. The molecule has 1 N–H and O–H groups in total. The van der Waals surface area contributed by atoms with Crippen LogP contribution in [0.25, 0.3) is 0 Å². The lowest BCUT2D eigenvalue weighted by atomic mass is 10.0. The van der Waals surface area contributed by atoms with Gasteiger partial charge in [0.25, 0.3) is 0 Å². The Morgan fingerprint density at radius 2 is 2.13 bits per heavy atom. The van der Waals surface area contributed by atoms with Crippen molar-refractivity contribution >= 4 is 0 Å². The number of hydrogen-bond acceptors (Lipinski definition) is 2. The molecule has 0 aromatic carbocycles. The van der Waals surface area contributed by atoms with Gasteiger partial charge in [-0.25, -0.2) is 0 Å². The molecule has 2 heteroatoms. The molecular formula is C13H24N2. The van der Waals surface area contributed by atoms with E-state index in [1.54, 1.807) is 0 Å². The van der Waals surface area contributed by atoms with Gasteiger partial charge in [0.1, 0.15) is 0 Å². The second-order valence-corrected chi connectivity index (χ2v) is 4.95. The highest BCUT2D eigenvalue weighted by Gasteiger charge is 2.28. The summed E-state index contributed by atoms with van der Waals surface area (Å²) in [6, 6.07) is 0.576. The summed E-state index contributed by atoms with van der Waals surface area (Å²) in [5, 5.41) is 3.27. The van der Waals surface area contributed by atoms with Gasteiger partial charge in [0.05, 0.1) is 6.54 Å². The lowest BCUT2D eigenvalue weighted by Crippen LogP contribution is -2.46. The smallest absolute Gasteiger partial charge is 0.0601 e. The van der Waals surface area contributed by atoms with E-state index < -0.39 is 0 Å². The van der Waals surface area contributed by atoms with Crippen LogP contribution in [0.4, 0.5) is 0 Å². The maximum atomic E-state index is 5.45. The van der Waals surface area contributed by atoms with Crippen molar-refractivity contribution in [2.45, 2.75) is 32.7 Å². The first kappa shape index (κ1) is 12.5. The van der Waals surface area contributed by atoms with Crippen molar-refractivity contribution in [3.05, 3.63) is 0 Å². The van der Waals surface area contributed by atoms with E-state index in [4.69, 9.17) is 6.42 Å². The van der Waals surface area contributed by atoms with Crippen molar-refractivity contribution in [1.82, 2.24) is 10.2 Å². The molecule has 1 unspecified atom stereocenters. The summed E-state index contributed by atoms with van der Waals surface area (Å²) in [6.45, 7) is 7.57. The van der Waals surface area contributed by atoms with Crippen LogP contribution in [0.15, 0.2) is 0 Å². The van der Waals surface area contributed by atoms with Crippen LogP contribution in [0.2, 0.25) is 0 Å². The van der Waals surface area contributed by atoms with Crippen LogP contribution >= 0.6 is 0 Å². The lowest BCUT2D eigenvalue weighted by molar-refractivity contribution is 0.166. The van der Waals surface area contributed by atoms with Gasteiger partial charge in [0.15, 0.2) is 0 Å². The number of likely N-dealkylation sites (N-methyl/N-ethyl adjacent to an activating group) is 1. The Bertz CT molecular complexity index is 213. The molecule has 2 nitrogen and oxygen atoms in total. The Labute approximate surface area is 94.4 Å².